The van der Waals surface area contributed by atoms with Crippen LogP contribution in [-0.4, -0.2) is 84.3 Å². The van der Waals surface area contributed by atoms with Crippen molar-refractivity contribution in [1.29, 1.82) is 0 Å². The van der Waals surface area contributed by atoms with E-state index in [1.165, 1.54) is 12.8 Å². The minimum absolute atomic E-state index is 0.0803. The molecule has 3 rings (SSSR count). The Labute approximate surface area is 181 Å². The van der Waals surface area contributed by atoms with Gasteiger partial charge in [0, 0.05) is 58.7 Å². The number of nitrogens with one attached hydrogen (secondary N) is 1. The maximum atomic E-state index is 13.1. The second-order valence-electron chi connectivity index (χ2n) is 9.63. The lowest BCUT2D eigenvalue weighted by Crippen LogP contribution is -2.58. The Morgan fingerprint density at radius 2 is 1.73 bits per heavy atom. The van der Waals surface area contributed by atoms with Crippen LogP contribution in [0.15, 0.2) is 0 Å². The summed E-state index contributed by atoms with van der Waals surface area (Å²) in [6.45, 7) is 9.38. The largest absolute Gasteiger partial charge is 0.355 e. The van der Waals surface area contributed by atoms with Gasteiger partial charge in [0.25, 0.3) is 0 Å². The van der Waals surface area contributed by atoms with Gasteiger partial charge in [-0.3, -0.25) is 19.3 Å². The first-order valence-corrected chi connectivity index (χ1v) is 12.0. The third-order valence-corrected chi connectivity index (χ3v) is 6.83. The first-order valence-electron chi connectivity index (χ1n) is 12.0. The van der Waals surface area contributed by atoms with Crippen LogP contribution in [0.2, 0.25) is 0 Å². The molecule has 3 fully saturated rings. The summed E-state index contributed by atoms with van der Waals surface area (Å²) in [6, 6.07) is -0.0803. The predicted molar refractivity (Wildman–Crippen MR) is 117 cm³/mol. The minimum Gasteiger partial charge on any atom is -0.355 e. The second kappa shape index (κ2) is 11.1. The number of hydrogen-bond acceptors (Lipinski definition) is 4. The Kier molecular flexibility index (Phi) is 8.54. The van der Waals surface area contributed by atoms with Crippen LogP contribution in [0.5, 0.6) is 0 Å². The summed E-state index contributed by atoms with van der Waals surface area (Å²) in [6.07, 6.45) is 7.69. The van der Waals surface area contributed by atoms with Crippen molar-refractivity contribution in [2.45, 2.75) is 71.3 Å². The highest BCUT2D eigenvalue weighted by Gasteiger charge is 2.37. The molecule has 1 aliphatic carbocycles. The summed E-state index contributed by atoms with van der Waals surface area (Å²) in [7, 11) is 0. The van der Waals surface area contributed by atoms with Gasteiger partial charge in [-0.15, -0.1) is 0 Å². The molecule has 3 aliphatic rings. The van der Waals surface area contributed by atoms with Crippen molar-refractivity contribution in [2.75, 3.05) is 45.8 Å². The number of likely N-dealkylation sites (tertiary alicyclic amines) is 1. The number of carbonyl (C=O) groups is 3. The summed E-state index contributed by atoms with van der Waals surface area (Å²) in [5.74, 6) is 1.42. The smallest absolute Gasteiger partial charge is 0.237 e. The van der Waals surface area contributed by atoms with E-state index in [2.05, 4.69) is 24.1 Å². The Balaban J connectivity index is 1.48. The van der Waals surface area contributed by atoms with E-state index in [0.717, 1.165) is 65.0 Å². The number of piperazine rings is 1. The Morgan fingerprint density at radius 3 is 2.33 bits per heavy atom. The molecular formula is C23H40N4O3. The molecule has 2 heterocycles. The standard InChI is InChI=1S/C23H40N4O3/c1-18(2)17-21(29)26-13-15-27(16-14-26)22(19-7-3-4-8-19)23(30)24-10-6-12-25-11-5-9-20(25)28/h18-19,22H,3-17H2,1-2H3,(H,24,30). The molecule has 0 bridgehead atoms. The van der Waals surface area contributed by atoms with Crippen LogP contribution in [0.1, 0.15) is 65.2 Å². The Hall–Kier alpha value is -1.63. The molecule has 1 unspecified atom stereocenters. The van der Waals surface area contributed by atoms with Crippen molar-refractivity contribution in [3.05, 3.63) is 0 Å². The van der Waals surface area contributed by atoms with E-state index in [1.807, 2.05) is 9.80 Å². The van der Waals surface area contributed by atoms with Gasteiger partial charge in [-0.1, -0.05) is 26.7 Å². The fraction of sp³-hybridized carbons (Fsp3) is 0.870. The first-order chi connectivity index (χ1) is 14.5. The summed E-state index contributed by atoms with van der Waals surface area (Å²) >= 11 is 0. The predicted octanol–water partition coefficient (Wildman–Crippen LogP) is 1.86. The normalized spacial score (nSPS) is 22.2. The maximum Gasteiger partial charge on any atom is 0.237 e. The average Bonchev–Trinajstić information content (AvgIpc) is 3.38. The zero-order valence-corrected chi connectivity index (χ0v) is 18.9. The lowest BCUT2D eigenvalue weighted by atomic mass is 9.95. The minimum atomic E-state index is -0.0803. The average molecular weight is 421 g/mol. The molecule has 7 heteroatoms. The third kappa shape index (κ3) is 6.19. The van der Waals surface area contributed by atoms with E-state index in [1.54, 1.807) is 0 Å². The summed E-state index contributed by atoms with van der Waals surface area (Å²) < 4.78 is 0. The molecular weight excluding hydrogens is 380 g/mol. The zero-order valence-electron chi connectivity index (χ0n) is 18.9. The molecule has 0 radical (unpaired) electrons. The molecule has 2 saturated heterocycles. The maximum absolute atomic E-state index is 13.1. The van der Waals surface area contributed by atoms with Crippen LogP contribution in [0.25, 0.3) is 0 Å². The van der Waals surface area contributed by atoms with E-state index < -0.39 is 0 Å². The number of carbonyl (C=O) groups excluding carboxylic acids is 3. The highest BCUT2D eigenvalue weighted by molar-refractivity contribution is 5.82. The van der Waals surface area contributed by atoms with Crippen molar-refractivity contribution in [3.8, 4) is 0 Å². The number of nitrogens with zero attached hydrogens (tertiary/aromatic N) is 3. The quantitative estimate of drug-likeness (QED) is 0.578. The second-order valence-corrected chi connectivity index (χ2v) is 9.63. The molecule has 1 saturated carbocycles. The van der Waals surface area contributed by atoms with Crippen LogP contribution in [-0.2, 0) is 14.4 Å². The van der Waals surface area contributed by atoms with Gasteiger partial charge in [0.15, 0.2) is 0 Å². The fourth-order valence-corrected chi connectivity index (χ4v) is 5.21. The van der Waals surface area contributed by atoms with Crippen molar-refractivity contribution in [3.63, 3.8) is 0 Å². The number of amides is 3. The van der Waals surface area contributed by atoms with E-state index in [9.17, 15) is 14.4 Å². The van der Waals surface area contributed by atoms with Gasteiger partial charge in [0.2, 0.25) is 17.7 Å². The van der Waals surface area contributed by atoms with Gasteiger partial charge < -0.3 is 15.1 Å². The Bertz CT molecular complexity index is 595. The van der Waals surface area contributed by atoms with Crippen molar-refractivity contribution >= 4 is 17.7 Å². The molecule has 0 aromatic rings. The summed E-state index contributed by atoms with van der Waals surface area (Å²) in [5, 5.41) is 3.16. The summed E-state index contributed by atoms with van der Waals surface area (Å²) in [4.78, 5) is 43.4. The highest BCUT2D eigenvalue weighted by atomic mass is 16.2. The van der Waals surface area contributed by atoms with E-state index in [0.29, 0.717) is 31.2 Å². The molecule has 3 amide bonds. The fourth-order valence-electron chi connectivity index (χ4n) is 5.21. The monoisotopic (exact) mass is 420 g/mol. The molecule has 170 valence electrons. The lowest BCUT2D eigenvalue weighted by Gasteiger charge is -2.41. The van der Waals surface area contributed by atoms with Gasteiger partial charge in [-0.25, -0.2) is 0 Å². The van der Waals surface area contributed by atoms with E-state index >= 15 is 0 Å². The number of rotatable bonds is 9. The van der Waals surface area contributed by atoms with Crippen molar-refractivity contribution in [1.82, 2.24) is 20.0 Å². The molecule has 0 aromatic carbocycles. The van der Waals surface area contributed by atoms with Crippen molar-refractivity contribution in [2.24, 2.45) is 11.8 Å². The molecule has 1 N–H and O–H groups in total. The van der Waals surface area contributed by atoms with E-state index in [4.69, 9.17) is 0 Å². The highest BCUT2D eigenvalue weighted by Crippen LogP contribution is 2.31. The van der Waals surface area contributed by atoms with Crippen molar-refractivity contribution < 1.29 is 14.4 Å². The Morgan fingerprint density at radius 1 is 1.03 bits per heavy atom. The van der Waals surface area contributed by atoms with Gasteiger partial charge in [0.05, 0.1) is 6.04 Å². The summed E-state index contributed by atoms with van der Waals surface area (Å²) in [5.41, 5.74) is 0. The van der Waals surface area contributed by atoms with Gasteiger partial charge in [0.1, 0.15) is 0 Å². The van der Waals surface area contributed by atoms with Gasteiger partial charge in [-0.2, -0.15) is 0 Å². The molecule has 7 nitrogen and oxygen atoms in total. The van der Waals surface area contributed by atoms with Crippen LogP contribution in [0.4, 0.5) is 0 Å². The third-order valence-electron chi connectivity index (χ3n) is 6.83. The molecule has 0 spiro atoms. The van der Waals surface area contributed by atoms with Crippen LogP contribution >= 0.6 is 0 Å². The molecule has 1 atom stereocenters. The topological polar surface area (TPSA) is 73.0 Å². The molecule has 0 aromatic heterocycles. The number of hydrogen-bond donors (Lipinski definition) is 1. The van der Waals surface area contributed by atoms with E-state index in [-0.39, 0.29) is 23.8 Å². The van der Waals surface area contributed by atoms with Gasteiger partial charge >= 0.3 is 0 Å². The lowest BCUT2D eigenvalue weighted by molar-refractivity contribution is -0.136. The zero-order chi connectivity index (χ0) is 21.5. The first kappa shape index (κ1) is 23.0. The SMILES string of the molecule is CC(C)CC(=O)N1CCN(C(C(=O)NCCCN2CCCC2=O)C2CCCC2)CC1. The van der Waals surface area contributed by atoms with Crippen LogP contribution in [0.3, 0.4) is 0 Å². The molecule has 2 aliphatic heterocycles. The molecule has 30 heavy (non-hydrogen) atoms. The van der Waals surface area contributed by atoms with Crippen LogP contribution < -0.4 is 5.32 Å². The van der Waals surface area contributed by atoms with Gasteiger partial charge in [-0.05, 0) is 37.5 Å². The van der Waals surface area contributed by atoms with Crippen LogP contribution in [0, 0.1) is 11.8 Å².